The topological polar surface area (TPSA) is 141 Å². The Labute approximate surface area is 137 Å². The monoisotopic (exact) mass is 374 g/mol. The van der Waals surface area contributed by atoms with Gasteiger partial charge in [0, 0.05) is 45.5 Å². The van der Waals surface area contributed by atoms with E-state index in [1.54, 1.807) is 27.7 Å². The molecule has 0 aromatic heterocycles. The standard InChI is InChI=1S/3C3H6O2.C2H6O2.Zr/c3*1-2-3(4)5;1-2-4-3;/h3*2H2,1H3,(H,4,5);3H,2H2,1H3;. The SMILES string of the molecule is CCC(=O)O.CCC(=O)O.CCC(=O)O.CCOO.[Zr]. The molecule has 120 valence electrons. The van der Waals surface area contributed by atoms with Gasteiger partial charge in [-0.1, -0.05) is 20.8 Å². The van der Waals surface area contributed by atoms with Crippen molar-refractivity contribution in [3.05, 3.63) is 0 Å². The van der Waals surface area contributed by atoms with Crippen LogP contribution < -0.4 is 0 Å². The minimum Gasteiger partial charge on any atom is -0.481 e. The van der Waals surface area contributed by atoms with Gasteiger partial charge in [-0.05, 0) is 6.92 Å². The number of carbonyl (C=O) groups is 3. The Balaban J connectivity index is -0.0000000494. The van der Waals surface area contributed by atoms with E-state index in [2.05, 4.69) is 4.89 Å². The van der Waals surface area contributed by atoms with Crippen LogP contribution in [-0.4, -0.2) is 45.1 Å². The maximum Gasteiger partial charge on any atom is 0.303 e. The number of hydrogen-bond donors (Lipinski definition) is 4. The first-order valence-electron chi connectivity index (χ1n) is 5.64. The van der Waals surface area contributed by atoms with Crippen LogP contribution in [0.4, 0.5) is 0 Å². The van der Waals surface area contributed by atoms with E-state index in [1.165, 1.54) is 0 Å². The summed E-state index contributed by atoms with van der Waals surface area (Å²) in [6.07, 6.45) is 0.667. The van der Waals surface area contributed by atoms with Gasteiger partial charge in [0.1, 0.15) is 0 Å². The first-order valence-corrected chi connectivity index (χ1v) is 5.64. The van der Waals surface area contributed by atoms with E-state index in [0.29, 0.717) is 6.61 Å². The molecule has 9 heteroatoms. The summed E-state index contributed by atoms with van der Waals surface area (Å²) in [5.41, 5.74) is 0. The largest absolute Gasteiger partial charge is 0.481 e. The van der Waals surface area contributed by atoms with Crippen LogP contribution in [0.3, 0.4) is 0 Å². The number of hydrogen-bond acceptors (Lipinski definition) is 5. The minimum atomic E-state index is -0.745. The quantitative estimate of drug-likeness (QED) is 0.431. The van der Waals surface area contributed by atoms with Gasteiger partial charge >= 0.3 is 17.9 Å². The molecule has 0 aliphatic heterocycles. The zero-order chi connectivity index (χ0) is 16.3. The molecule has 0 aliphatic carbocycles. The van der Waals surface area contributed by atoms with E-state index in [4.69, 9.17) is 20.6 Å². The van der Waals surface area contributed by atoms with Crippen LogP contribution in [0.2, 0.25) is 0 Å². The zero-order valence-electron chi connectivity index (χ0n) is 12.3. The minimum absolute atomic E-state index is 0. The maximum absolute atomic E-state index is 9.37. The van der Waals surface area contributed by atoms with Crippen LogP contribution in [0.5, 0.6) is 0 Å². The van der Waals surface area contributed by atoms with Crippen LogP contribution in [0.25, 0.3) is 0 Å². The Morgan fingerprint density at radius 2 is 0.850 bits per heavy atom. The number of aliphatic carboxylic acids is 3. The average molecular weight is 376 g/mol. The van der Waals surface area contributed by atoms with Crippen LogP contribution in [0.1, 0.15) is 47.0 Å². The van der Waals surface area contributed by atoms with Crippen LogP contribution in [0.15, 0.2) is 0 Å². The van der Waals surface area contributed by atoms with Crippen molar-refractivity contribution < 1.29 is 66.1 Å². The van der Waals surface area contributed by atoms with E-state index in [-0.39, 0.29) is 45.5 Å². The van der Waals surface area contributed by atoms with E-state index in [9.17, 15) is 14.4 Å². The molecule has 0 rings (SSSR count). The maximum atomic E-state index is 9.37. The molecule has 0 fully saturated rings. The molecule has 0 saturated heterocycles. The molecule has 0 amide bonds. The second-order valence-corrected chi connectivity index (χ2v) is 2.66. The molecule has 0 atom stereocenters. The molecular formula is C11H24O8Zr. The van der Waals surface area contributed by atoms with Gasteiger partial charge < -0.3 is 15.3 Å². The molecule has 0 bridgehead atoms. The summed E-state index contributed by atoms with van der Waals surface area (Å²) in [6, 6.07) is 0. The molecule has 0 unspecified atom stereocenters. The molecule has 0 aromatic carbocycles. The summed E-state index contributed by atoms with van der Waals surface area (Å²) in [4.78, 5) is 31.6. The van der Waals surface area contributed by atoms with Crippen molar-refractivity contribution in [1.29, 1.82) is 0 Å². The van der Waals surface area contributed by atoms with Gasteiger partial charge in [-0.3, -0.25) is 19.6 Å². The fourth-order valence-corrected chi connectivity index (χ4v) is 0. The molecule has 0 saturated carbocycles. The fourth-order valence-electron chi connectivity index (χ4n) is 0. The molecule has 0 spiro atoms. The summed E-state index contributed by atoms with van der Waals surface area (Å²) < 4.78 is 0. The van der Waals surface area contributed by atoms with E-state index < -0.39 is 17.9 Å². The number of rotatable bonds is 4. The predicted octanol–water partition coefficient (Wildman–Crippen LogP) is 1.94. The van der Waals surface area contributed by atoms with Gasteiger partial charge in [-0.2, -0.15) is 0 Å². The Kier molecular flexibility index (Phi) is 48.8. The summed E-state index contributed by atoms with van der Waals surface area (Å²) in [5, 5.41) is 30.5. The van der Waals surface area contributed by atoms with Crippen LogP contribution >= 0.6 is 0 Å². The van der Waals surface area contributed by atoms with Crippen molar-refractivity contribution in [3.8, 4) is 0 Å². The third kappa shape index (κ3) is 117. The molecule has 0 aliphatic rings. The third-order valence-electron chi connectivity index (χ3n) is 1.04. The molecule has 0 heterocycles. The second kappa shape index (κ2) is 30.9. The van der Waals surface area contributed by atoms with Crippen LogP contribution in [0, 0.1) is 0 Å². The van der Waals surface area contributed by atoms with Crippen molar-refractivity contribution in [2.75, 3.05) is 6.61 Å². The van der Waals surface area contributed by atoms with Gasteiger partial charge in [0.05, 0.1) is 6.61 Å². The van der Waals surface area contributed by atoms with Gasteiger partial charge in [-0.15, -0.1) is 0 Å². The summed E-state index contributed by atoms with van der Waals surface area (Å²) in [5.74, 6) is -2.24. The van der Waals surface area contributed by atoms with E-state index in [1.807, 2.05) is 0 Å². The van der Waals surface area contributed by atoms with E-state index >= 15 is 0 Å². The van der Waals surface area contributed by atoms with Crippen molar-refractivity contribution >= 4 is 17.9 Å². The first kappa shape index (κ1) is 31.5. The summed E-state index contributed by atoms with van der Waals surface area (Å²) in [7, 11) is 0. The van der Waals surface area contributed by atoms with E-state index in [0.717, 1.165) is 0 Å². The zero-order valence-corrected chi connectivity index (χ0v) is 14.7. The van der Waals surface area contributed by atoms with Crippen molar-refractivity contribution in [3.63, 3.8) is 0 Å². The van der Waals surface area contributed by atoms with Gasteiger partial charge in [-0.25, -0.2) is 4.89 Å². The average Bonchev–Trinajstić information content (AvgIpc) is 2.40. The normalized spacial score (nSPS) is 7.05. The van der Waals surface area contributed by atoms with Crippen LogP contribution in [-0.2, 0) is 45.5 Å². The second-order valence-electron chi connectivity index (χ2n) is 2.66. The Bertz CT molecular complexity index is 185. The van der Waals surface area contributed by atoms with Gasteiger partial charge in [0.25, 0.3) is 0 Å². The van der Waals surface area contributed by atoms with Crippen molar-refractivity contribution in [2.24, 2.45) is 0 Å². The van der Waals surface area contributed by atoms with Crippen molar-refractivity contribution in [2.45, 2.75) is 47.0 Å². The van der Waals surface area contributed by atoms with Gasteiger partial charge in [0.2, 0.25) is 0 Å². The van der Waals surface area contributed by atoms with Crippen molar-refractivity contribution in [1.82, 2.24) is 0 Å². The molecule has 20 heavy (non-hydrogen) atoms. The molecule has 4 N–H and O–H groups in total. The Morgan fingerprint density at radius 1 is 0.750 bits per heavy atom. The molecular weight excluding hydrogens is 351 g/mol. The first-order chi connectivity index (χ1) is 8.72. The number of carboxylic acid groups (broad SMARTS) is 3. The third-order valence-corrected chi connectivity index (χ3v) is 1.04. The smallest absolute Gasteiger partial charge is 0.303 e. The molecule has 0 aromatic rings. The Hall–Kier alpha value is -0.787. The summed E-state index contributed by atoms with van der Waals surface area (Å²) in [6.45, 7) is 6.88. The summed E-state index contributed by atoms with van der Waals surface area (Å²) >= 11 is 0. The van der Waals surface area contributed by atoms with Gasteiger partial charge in [0.15, 0.2) is 0 Å². The molecule has 8 nitrogen and oxygen atoms in total. The fraction of sp³-hybridized carbons (Fsp3) is 0.727. The Morgan fingerprint density at radius 3 is 0.850 bits per heavy atom. The molecule has 0 radical (unpaired) electrons. The number of carboxylic acids is 3. The predicted molar refractivity (Wildman–Crippen MR) is 68.0 cm³/mol.